The zero-order chi connectivity index (χ0) is 13.2. The highest BCUT2D eigenvalue weighted by atomic mass is 16.5. The van der Waals surface area contributed by atoms with Crippen LogP contribution in [0.15, 0.2) is 30.5 Å². The average molecular weight is 257 g/mol. The Kier molecular flexibility index (Phi) is 3.36. The van der Waals surface area contributed by atoms with Crippen LogP contribution in [0.1, 0.15) is 28.4 Å². The number of aryl methyl sites for hydroxylation is 2. The SMILES string of the molecule is Cc1nn(C)cc1CNC1COCc2ccccc21. The second-order valence-electron chi connectivity index (χ2n) is 5.06. The summed E-state index contributed by atoms with van der Waals surface area (Å²) in [7, 11) is 1.95. The van der Waals surface area contributed by atoms with Gasteiger partial charge < -0.3 is 10.1 Å². The van der Waals surface area contributed by atoms with Crippen molar-refractivity contribution in [2.24, 2.45) is 7.05 Å². The number of nitrogens with one attached hydrogen (secondary N) is 1. The summed E-state index contributed by atoms with van der Waals surface area (Å²) in [4.78, 5) is 0. The number of ether oxygens (including phenoxy) is 1. The van der Waals surface area contributed by atoms with E-state index in [2.05, 4.69) is 40.9 Å². The molecular weight excluding hydrogens is 238 g/mol. The molecule has 0 saturated heterocycles. The van der Waals surface area contributed by atoms with E-state index in [1.807, 2.05) is 18.7 Å². The van der Waals surface area contributed by atoms with E-state index in [1.165, 1.54) is 16.7 Å². The van der Waals surface area contributed by atoms with Gasteiger partial charge in [0, 0.05) is 25.4 Å². The summed E-state index contributed by atoms with van der Waals surface area (Å²) in [5.74, 6) is 0. The Balaban J connectivity index is 1.73. The molecular formula is C15H19N3O. The molecule has 1 atom stereocenters. The smallest absolute Gasteiger partial charge is 0.0721 e. The van der Waals surface area contributed by atoms with Gasteiger partial charge >= 0.3 is 0 Å². The van der Waals surface area contributed by atoms with Gasteiger partial charge in [0.1, 0.15) is 0 Å². The van der Waals surface area contributed by atoms with Crippen LogP contribution in [-0.2, 0) is 24.9 Å². The van der Waals surface area contributed by atoms with Gasteiger partial charge in [-0.2, -0.15) is 5.10 Å². The van der Waals surface area contributed by atoms with Crippen LogP contribution in [0.3, 0.4) is 0 Å². The van der Waals surface area contributed by atoms with Gasteiger partial charge in [-0.25, -0.2) is 0 Å². The van der Waals surface area contributed by atoms with E-state index in [1.54, 1.807) is 0 Å². The lowest BCUT2D eigenvalue weighted by Gasteiger charge is -2.26. The minimum Gasteiger partial charge on any atom is -0.375 e. The zero-order valence-corrected chi connectivity index (χ0v) is 11.4. The van der Waals surface area contributed by atoms with Crippen LogP contribution in [0.4, 0.5) is 0 Å². The van der Waals surface area contributed by atoms with Gasteiger partial charge in [-0.15, -0.1) is 0 Å². The van der Waals surface area contributed by atoms with E-state index in [0.29, 0.717) is 0 Å². The molecule has 0 spiro atoms. The third-order valence-corrected chi connectivity index (χ3v) is 3.63. The molecule has 1 unspecified atom stereocenters. The predicted octanol–water partition coefficient (Wildman–Crippen LogP) is 2.09. The molecule has 1 aliphatic heterocycles. The lowest BCUT2D eigenvalue weighted by Crippen LogP contribution is -2.29. The van der Waals surface area contributed by atoms with Gasteiger partial charge in [-0.05, 0) is 18.1 Å². The maximum absolute atomic E-state index is 5.65. The maximum Gasteiger partial charge on any atom is 0.0721 e. The molecule has 19 heavy (non-hydrogen) atoms. The Morgan fingerprint density at radius 3 is 3.05 bits per heavy atom. The summed E-state index contributed by atoms with van der Waals surface area (Å²) in [5, 5.41) is 7.93. The fourth-order valence-corrected chi connectivity index (χ4v) is 2.61. The van der Waals surface area contributed by atoms with Crippen molar-refractivity contribution in [3.63, 3.8) is 0 Å². The lowest BCUT2D eigenvalue weighted by molar-refractivity contribution is 0.0816. The summed E-state index contributed by atoms with van der Waals surface area (Å²) >= 11 is 0. The quantitative estimate of drug-likeness (QED) is 0.915. The average Bonchev–Trinajstić information content (AvgIpc) is 2.74. The molecule has 1 aromatic heterocycles. The molecule has 1 aromatic carbocycles. The minimum atomic E-state index is 0.268. The Morgan fingerprint density at radius 1 is 1.42 bits per heavy atom. The Labute approximate surface area is 113 Å². The molecule has 4 nitrogen and oxygen atoms in total. The third kappa shape index (κ3) is 2.55. The number of rotatable bonds is 3. The first-order valence-corrected chi connectivity index (χ1v) is 6.62. The summed E-state index contributed by atoms with van der Waals surface area (Å²) in [6, 6.07) is 8.75. The molecule has 1 aliphatic rings. The van der Waals surface area contributed by atoms with Crippen LogP contribution in [0, 0.1) is 6.92 Å². The highest BCUT2D eigenvalue weighted by Crippen LogP contribution is 2.24. The molecule has 4 heteroatoms. The maximum atomic E-state index is 5.65. The van der Waals surface area contributed by atoms with Crippen molar-refractivity contribution in [3.8, 4) is 0 Å². The zero-order valence-electron chi connectivity index (χ0n) is 11.4. The van der Waals surface area contributed by atoms with Crippen molar-refractivity contribution < 1.29 is 4.74 Å². The van der Waals surface area contributed by atoms with Crippen molar-refractivity contribution >= 4 is 0 Å². The summed E-state index contributed by atoms with van der Waals surface area (Å²) in [6.07, 6.45) is 2.07. The van der Waals surface area contributed by atoms with Gasteiger partial charge in [0.15, 0.2) is 0 Å². The monoisotopic (exact) mass is 257 g/mol. The van der Waals surface area contributed by atoms with E-state index in [-0.39, 0.29) is 6.04 Å². The number of fused-ring (bicyclic) bond motifs is 1. The van der Waals surface area contributed by atoms with E-state index < -0.39 is 0 Å². The number of hydrogen-bond donors (Lipinski definition) is 1. The van der Waals surface area contributed by atoms with Gasteiger partial charge in [0.25, 0.3) is 0 Å². The highest BCUT2D eigenvalue weighted by molar-refractivity contribution is 5.31. The van der Waals surface area contributed by atoms with Gasteiger partial charge in [0.2, 0.25) is 0 Å². The predicted molar refractivity (Wildman–Crippen MR) is 73.6 cm³/mol. The Hall–Kier alpha value is -1.65. The molecule has 1 N–H and O–H groups in total. The molecule has 100 valence electrons. The number of benzene rings is 1. The topological polar surface area (TPSA) is 39.1 Å². The normalized spacial score (nSPS) is 18.3. The molecule has 3 rings (SSSR count). The Morgan fingerprint density at radius 2 is 2.26 bits per heavy atom. The summed E-state index contributed by atoms with van der Waals surface area (Å²) in [5.41, 5.74) is 4.97. The first kappa shape index (κ1) is 12.4. The van der Waals surface area contributed by atoms with E-state index in [0.717, 1.165) is 25.5 Å². The first-order chi connectivity index (χ1) is 9.24. The molecule has 0 saturated carbocycles. The lowest BCUT2D eigenvalue weighted by atomic mass is 9.99. The van der Waals surface area contributed by atoms with Crippen molar-refractivity contribution in [2.45, 2.75) is 26.1 Å². The van der Waals surface area contributed by atoms with Crippen LogP contribution < -0.4 is 5.32 Å². The van der Waals surface area contributed by atoms with Crippen molar-refractivity contribution in [3.05, 3.63) is 52.8 Å². The fourth-order valence-electron chi connectivity index (χ4n) is 2.61. The molecule has 2 aromatic rings. The van der Waals surface area contributed by atoms with Crippen molar-refractivity contribution in [1.82, 2.24) is 15.1 Å². The molecule has 0 amide bonds. The number of aromatic nitrogens is 2. The van der Waals surface area contributed by atoms with E-state index >= 15 is 0 Å². The van der Waals surface area contributed by atoms with Crippen LogP contribution in [0.25, 0.3) is 0 Å². The Bertz CT molecular complexity index is 577. The second-order valence-corrected chi connectivity index (χ2v) is 5.06. The third-order valence-electron chi connectivity index (χ3n) is 3.63. The van der Waals surface area contributed by atoms with E-state index in [9.17, 15) is 0 Å². The second kappa shape index (κ2) is 5.15. The summed E-state index contributed by atoms with van der Waals surface area (Å²) in [6.45, 7) is 4.32. The van der Waals surface area contributed by atoms with Crippen molar-refractivity contribution in [2.75, 3.05) is 6.61 Å². The summed E-state index contributed by atoms with van der Waals surface area (Å²) < 4.78 is 7.51. The van der Waals surface area contributed by atoms with Gasteiger partial charge in [0.05, 0.1) is 24.9 Å². The van der Waals surface area contributed by atoms with Crippen molar-refractivity contribution in [1.29, 1.82) is 0 Å². The van der Waals surface area contributed by atoms with Gasteiger partial charge in [-0.3, -0.25) is 4.68 Å². The minimum absolute atomic E-state index is 0.268. The van der Waals surface area contributed by atoms with Crippen LogP contribution in [-0.4, -0.2) is 16.4 Å². The first-order valence-electron chi connectivity index (χ1n) is 6.62. The fraction of sp³-hybridized carbons (Fsp3) is 0.400. The van der Waals surface area contributed by atoms with Crippen LogP contribution >= 0.6 is 0 Å². The number of hydrogen-bond acceptors (Lipinski definition) is 3. The van der Waals surface area contributed by atoms with Gasteiger partial charge in [-0.1, -0.05) is 24.3 Å². The number of nitrogens with zero attached hydrogens (tertiary/aromatic N) is 2. The largest absolute Gasteiger partial charge is 0.375 e. The molecule has 2 heterocycles. The molecule has 0 radical (unpaired) electrons. The van der Waals surface area contributed by atoms with Crippen LogP contribution in [0.5, 0.6) is 0 Å². The van der Waals surface area contributed by atoms with Crippen LogP contribution in [0.2, 0.25) is 0 Å². The van der Waals surface area contributed by atoms with E-state index in [4.69, 9.17) is 4.74 Å². The highest BCUT2D eigenvalue weighted by Gasteiger charge is 2.20. The molecule has 0 fully saturated rings. The molecule has 0 aliphatic carbocycles. The standard InChI is InChI=1S/C15H19N3O/c1-11-13(8-18(2)17-11)7-16-15-10-19-9-12-5-3-4-6-14(12)15/h3-6,8,15-16H,7,9-10H2,1-2H3. The molecule has 0 bridgehead atoms.